The van der Waals surface area contributed by atoms with Crippen molar-refractivity contribution in [2.75, 3.05) is 7.05 Å². The van der Waals surface area contributed by atoms with E-state index in [4.69, 9.17) is 0 Å². The van der Waals surface area contributed by atoms with E-state index < -0.39 is 10.0 Å². The molecular formula is C10H14BrNO2S2. The molecule has 0 aromatic carbocycles. The first-order valence-corrected chi connectivity index (χ1v) is 8.36. The van der Waals surface area contributed by atoms with Crippen molar-refractivity contribution in [2.45, 2.75) is 35.9 Å². The molecule has 0 bridgehead atoms. The van der Waals surface area contributed by atoms with Gasteiger partial charge in [0.1, 0.15) is 4.21 Å². The van der Waals surface area contributed by atoms with Crippen molar-refractivity contribution in [1.82, 2.24) is 4.31 Å². The second-order valence-corrected chi connectivity index (χ2v) is 7.98. The Hall–Kier alpha value is 0.0900. The summed E-state index contributed by atoms with van der Waals surface area (Å²) in [4.78, 5) is 0. The van der Waals surface area contributed by atoms with E-state index >= 15 is 0 Å². The Morgan fingerprint density at radius 1 is 1.44 bits per heavy atom. The summed E-state index contributed by atoms with van der Waals surface area (Å²) in [6.45, 7) is 0. The molecule has 0 aliphatic heterocycles. The van der Waals surface area contributed by atoms with Crippen molar-refractivity contribution < 1.29 is 8.42 Å². The van der Waals surface area contributed by atoms with E-state index in [0.717, 1.165) is 25.7 Å². The van der Waals surface area contributed by atoms with Gasteiger partial charge in [0.05, 0.1) is 0 Å². The van der Waals surface area contributed by atoms with Crippen LogP contribution in [0.15, 0.2) is 20.1 Å². The molecule has 0 saturated heterocycles. The van der Waals surface area contributed by atoms with E-state index in [2.05, 4.69) is 15.9 Å². The minimum absolute atomic E-state index is 0.180. The number of sulfonamides is 1. The van der Waals surface area contributed by atoms with Gasteiger partial charge < -0.3 is 0 Å². The van der Waals surface area contributed by atoms with Gasteiger partial charge in [-0.15, -0.1) is 11.3 Å². The van der Waals surface area contributed by atoms with E-state index in [1.807, 2.05) is 0 Å². The van der Waals surface area contributed by atoms with Gasteiger partial charge in [0.2, 0.25) is 0 Å². The van der Waals surface area contributed by atoms with Crippen LogP contribution in [0.4, 0.5) is 0 Å². The number of hydrogen-bond donors (Lipinski definition) is 0. The Morgan fingerprint density at radius 2 is 2.06 bits per heavy atom. The van der Waals surface area contributed by atoms with Gasteiger partial charge in [-0.05, 0) is 40.2 Å². The fourth-order valence-corrected chi connectivity index (χ4v) is 5.95. The molecule has 1 aliphatic rings. The zero-order valence-electron chi connectivity index (χ0n) is 9.02. The second-order valence-electron chi connectivity index (χ2n) is 4.02. The molecule has 1 fully saturated rings. The SMILES string of the molecule is CN(C1CCCC1)S(=O)(=O)c1sccc1Br. The van der Waals surface area contributed by atoms with Crippen molar-refractivity contribution in [3.8, 4) is 0 Å². The number of halogens is 1. The molecule has 0 atom stereocenters. The molecule has 1 aliphatic carbocycles. The summed E-state index contributed by atoms with van der Waals surface area (Å²) in [6, 6.07) is 1.96. The van der Waals surface area contributed by atoms with E-state index in [1.165, 1.54) is 15.6 Å². The lowest BCUT2D eigenvalue weighted by atomic mass is 10.3. The zero-order valence-corrected chi connectivity index (χ0v) is 12.2. The van der Waals surface area contributed by atoms with Crippen LogP contribution in [0.2, 0.25) is 0 Å². The molecule has 2 rings (SSSR count). The highest BCUT2D eigenvalue weighted by Gasteiger charge is 2.31. The van der Waals surface area contributed by atoms with Crippen molar-refractivity contribution in [3.63, 3.8) is 0 Å². The van der Waals surface area contributed by atoms with Crippen molar-refractivity contribution in [1.29, 1.82) is 0 Å². The summed E-state index contributed by atoms with van der Waals surface area (Å²) in [5.41, 5.74) is 0. The molecule has 1 heterocycles. The molecule has 1 saturated carbocycles. The molecule has 0 unspecified atom stereocenters. The second kappa shape index (κ2) is 4.76. The van der Waals surface area contributed by atoms with Gasteiger partial charge >= 0.3 is 0 Å². The van der Waals surface area contributed by atoms with Crippen LogP contribution in [0.5, 0.6) is 0 Å². The molecule has 1 aromatic rings. The van der Waals surface area contributed by atoms with E-state index in [9.17, 15) is 8.42 Å². The third-order valence-corrected chi connectivity index (χ3v) is 7.59. The van der Waals surface area contributed by atoms with E-state index in [-0.39, 0.29) is 6.04 Å². The standard InChI is InChI=1S/C10H14BrNO2S2/c1-12(8-4-2-3-5-8)16(13,14)10-9(11)6-7-15-10/h6-8H,2-5H2,1H3. The van der Waals surface area contributed by atoms with Crippen LogP contribution in [-0.4, -0.2) is 25.8 Å². The summed E-state index contributed by atoms with van der Waals surface area (Å²) < 4.78 is 27.2. The third kappa shape index (κ3) is 2.20. The first-order valence-electron chi connectivity index (χ1n) is 5.24. The molecule has 16 heavy (non-hydrogen) atoms. The lowest BCUT2D eigenvalue weighted by molar-refractivity contribution is 0.374. The minimum Gasteiger partial charge on any atom is -0.206 e. The zero-order chi connectivity index (χ0) is 11.8. The maximum Gasteiger partial charge on any atom is 0.253 e. The first kappa shape index (κ1) is 12.5. The van der Waals surface area contributed by atoms with Gasteiger partial charge in [0.15, 0.2) is 0 Å². The molecule has 1 aromatic heterocycles. The highest BCUT2D eigenvalue weighted by Crippen LogP contribution is 2.33. The number of hydrogen-bond acceptors (Lipinski definition) is 3. The normalized spacial score (nSPS) is 18.4. The van der Waals surface area contributed by atoms with Crippen LogP contribution in [0.1, 0.15) is 25.7 Å². The maximum absolute atomic E-state index is 12.3. The molecule has 0 radical (unpaired) electrons. The molecule has 0 amide bonds. The summed E-state index contributed by atoms with van der Waals surface area (Å²) in [6.07, 6.45) is 4.24. The fraction of sp³-hybridized carbons (Fsp3) is 0.600. The highest BCUT2D eigenvalue weighted by molar-refractivity contribution is 9.10. The molecular weight excluding hydrogens is 310 g/mol. The predicted molar refractivity (Wildman–Crippen MR) is 69.2 cm³/mol. The quantitative estimate of drug-likeness (QED) is 0.857. The molecule has 90 valence electrons. The highest BCUT2D eigenvalue weighted by atomic mass is 79.9. The Bertz CT molecular complexity index is 463. The molecule has 0 N–H and O–H groups in total. The van der Waals surface area contributed by atoms with Gasteiger partial charge in [-0.25, -0.2) is 8.42 Å². The van der Waals surface area contributed by atoms with Crippen LogP contribution in [0.3, 0.4) is 0 Å². The Kier molecular flexibility index (Phi) is 3.73. The van der Waals surface area contributed by atoms with E-state index in [1.54, 1.807) is 18.5 Å². The molecule has 0 spiro atoms. The lowest BCUT2D eigenvalue weighted by Gasteiger charge is -2.22. The lowest BCUT2D eigenvalue weighted by Crippen LogP contribution is -2.34. The monoisotopic (exact) mass is 323 g/mol. The van der Waals surface area contributed by atoms with Crippen molar-refractivity contribution in [2.24, 2.45) is 0 Å². The van der Waals surface area contributed by atoms with Gasteiger partial charge in [-0.3, -0.25) is 0 Å². The maximum atomic E-state index is 12.3. The average molecular weight is 324 g/mol. The topological polar surface area (TPSA) is 37.4 Å². The molecule has 3 nitrogen and oxygen atoms in total. The molecule has 6 heteroatoms. The van der Waals surface area contributed by atoms with Crippen molar-refractivity contribution >= 4 is 37.3 Å². The summed E-state index contributed by atoms with van der Waals surface area (Å²) in [5.74, 6) is 0. The number of nitrogens with zero attached hydrogens (tertiary/aromatic N) is 1. The Balaban J connectivity index is 2.28. The first-order chi connectivity index (χ1) is 7.53. The van der Waals surface area contributed by atoms with Crippen LogP contribution in [-0.2, 0) is 10.0 Å². The number of rotatable bonds is 3. The summed E-state index contributed by atoms with van der Waals surface area (Å²) in [5, 5.41) is 1.79. The Labute approximate surface area is 109 Å². The number of thiophene rings is 1. The predicted octanol–water partition coefficient (Wildman–Crippen LogP) is 3.07. The average Bonchev–Trinajstić information content (AvgIpc) is 2.86. The van der Waals surface area contributed by atoms with Crippen molar-refractivity contribution in [3.05, 3.63) is 15.9 Å². The van der Waals surface area contributed by atoms with E-state index in [0.29, 0.717) is 8.68 Å². The van der Waals surface area contributed by atoms with Crippen LogP contribution < -0.4 is 0 Å². The van der Waals surface area contributed by atoms with Gasteiger partial charge in [-0.1, -0.05) is 12.8 Å². The summed E-state index contributed by atoms with van der Waals surface area (Å²) >= 11 is 4.55. The Morgan fingerprint density at radius 3 is 2.56 bits per heavy atom. The minimum atomic E-state index is -3.30. The largest absolute Gasteiger partial charge is 0.253 e. The third-order valence-electron chi connectivity index (χ3n) is 3.04. The summed E-state index contributed by atoms with van der Waals surface area (Å²) in [7, 11) is -1.61. The van der Waals surface area contributed by atoms with Crippen LogP contribution in [0.25, 0.3) is 0 Å². The van der Waals surface area contributed by atoms with Gasteiger partial charge in [0, 0.05) is 17.6 Å². The van der Waals surface area contributed by atoms with Gasteiger partial charge in [-0.2, -0.15) is 4.31 Å². The van der Waals surface area contributed by atoms with Crippen LogP contribution >= 0.6 is 27.3 Å². The fourth-order valence-electron chi connectivity index (χ4n) is 2.06. The van der Waals surface area contributed by atoms with Crippen LogP contribution in [0, 0.1) is 0 Å². The smallest absolute Gasteiger partial charge is 0.206 e. The van der Waals surface area contributed by atoms with Gasteiger partial charge in [0.25, 0.3) is 10.0 Å².